The van der Waals surface area contributed by atoms with Crippen molar-refractivity contribution in [3.63, 3.8) is 0 Å². The van der Waals surface area contributed by atoms with Gasteiger partial charge >= 0.3 is 0 Å². The van der Waals surface area contributed by atoms with Crippen molar-refractivity contribution in [1.82, 2.24) is 10.3 Å². The van der Waals surface area contributed by atoms with E-state index in [1.807, 2.05) is 11.3 Å². The van der Waals surface area contributed by atoms with Crippen LogP contribution in [-0.4, -0.2) is 11.5 Å². The average molecular weight is 252 g/mol. The predicted molar refractivity (Wildman–Crippen MR) is 74.6 cm³/mol. The van der Waals surface area contributed by atoms with Gasteiger partial charge in [0.1, 0.15) is 0 Å². The maximum Gasteiger partial charge on any atom is 0.0900 e. The molecule has 0 aliphatic heterocycles. The highest BCUT2D eigenvalue weighted by atomic mass is 32.1. The fourth-order valence-corrected chi connectivity index (χ4v) is 3.59. The van der Waals surface area contributed by atoms with Crippen LogP contribution in [0.2, 0.25) is 0 Å². The third-order valence-corrected chi connectivity index (χ3v) is 5.11. The number of hydrogen-bond acceptors (Lipinski definition) is 3. The molecular weight excluding hydrogens is 228 g/mol. The van der Waals surface area contributed by atoms with Gasteiger partial charge in [0, 0.05) is 17.5 Å². The van der Waals surface area contributed by atoms with Crippen LogP contribution in [0.15, 0.2) is 0 Å². The Morgan fingerprint density at radius 2 is 2.12 bits per heavy atom. The van der Waals surface area contributed by atoms with E-state index in [9.17, 15) is 0 Å². The SMILES string of the molecule is CCCC1(CNC(C)c2sc(C)nc2C)CC1. The van der Waals surface area contributed by atoms with Gasteiger partial charge in [-0.1, -0.05) is 13.3 Å². The highest BCUT2D eigenvalue weighted by Crippen LogP contribution is 2.49. The number of aromatic nitrogens is 1. The zero-order valence-corrected chi connectivity index (χ0v) is 12.3. The lowest BCUT2D eigenvalue weighted by Gasteiger charge is -2.19. The van der Waals surface area contributed by atoms with Gasteiger partial charge in [0.05, 0.1) is 10.7 Å². The number of rotatable bonds is 6. The van der Waals surface area contributed by atoms with Gasteiger partial charge in [0.2, 0.25) is 0 Å². The maximum atomic E-state index is 4.51. The Balaban J connectivity index is 1.89. The van der Waals surface area contributed by atoms with Crippen LogP contribution in [-0.2, 0) is 0 Å². The topological polar surface area (TPSA) is 24.9 Å². The Kier molecular flexibility index (Phi) is 3.88. The molecule has 2 rings (SSSR count). The van der Waals surface area contributed by atoms with Crippen LogP contribution in [0.3, 0.4) is 0 Å². The highest BCUT2D eigenvalue weighted by Gasteiger charge is 2.41. The average Bonchev–Trinajstić information content (AvgIpc) is 2.95. The van der Waals surface area contributed by atoms with Crippen molar-refractivity contribution < 1.29 is 0 Å². The van der Waals surface area contributed by atoms with Gasteiger partial charge in [-0.2, -0.15) is 0 Å². The third-order valence-electron chi connectivity index (χ3n) is 3.85. The lowest BCUT2D eigenvalue weighted by atomic mass is 10.0. The Bertz CT molecular complexity index is 380. The molecule has 1 unspecified atom stereocenters. The molecule has 0 bridgehead atoms. The molecule has 96 valence electrons. The van der Waals surface area contributed by atoms with Gasteiger partial charge in [-0.25, -0.2) is 4.98 Å². The van der Waals surface area contributed by atoms with E-state index in [1.165, 1.54) is 47.8 Å². The fourth-order valence-electron chi connectivity index (χ4n) is 2.63. The second-order valence-electron chi connectivity index (χ2n) is 5.54. The monoisotopic (exact) mass is 252 g/mol. The summed E-state index contributed by atoms with van der Waals surface area (Å²) < 4.78 is 0. The Hall–Kier alpha value is -0.410. The minimum atomic E-state index is 0.454. The largest absolute Gasteiger partial charge is 0.309 e. The zero-order chi connectivity index (χ0) is 12.5. The van der Waals surface area contributed by atoms with Crippen molar-refractivity contribution in [1.29, 1.82) is 0 Å². The Morgan fingerprint density at radius 3 is 2.59 bits per heavy atom. The fraction of sp³-hybridized carbons (Fsp3) is 0.786. The van der Waals surface area contributed by atoms with Gasteiger partial charge in [-0.3, -0.25) is 0 Å². The van der Waals surface area contributed by atoms with E-state index >= 15 is 0 Å². The molecule has 3 heteroatoms. The summed E-state index contributed by atoms with van der Waals surface area (Å²) in [4.78, 5) is 5.92. The van der Waals surface area contributed by atoms with Crippen molar-refractivity contribution in [3.8, 4) is 0 Å². The Morgan fingerprint density at radius 1 is 1.41 bits per heavy atom. The number of thiazole rings is 1. The van der Waals surface area contributed by atoms with Gasteiger partial charge in [-0.05, 0) is 45.4 Å². The summed E-state index contributed by atoms with van der Waals surface area (Å²) >= 11 is 1.83. The van der Waals surface area contributed by atoms with Crippen molar-refractivity contribution in [2.24, 2.45) is 5.41 Å². The molecule has 1 aliphatic carbocycles. The lowest BCUT2D eigenvalue weighted by Crippen LogP contribution is -2.26. The number of hydrogen-bond donors (Lipinski definition) is 1. The summed E-state index contributed by atoms with van der Waals surface area (Å²) in [5.74, 6) is 0. The second kappa shape index (κ2) is 5.07. The quantitative estimate of drug-likeness (QED) is 0.828. The van der Waals surface area contributed by atoms with E-state index < -0.39 is 0 Å². The minimum absolute atomic E-state index is 0.454. The first kappa shape index (κ1) is 13.0. The molecule has 1 heterocycles. The predicted octanol–water partition coefficient (Wildman–Crippen LogP) is 3.99. The summed E-state index contributed by atoms with van der Waals surface area (Å²) in [7, 11) is 0. The summed E-state index contributed by atoms with van der Waals surface area (Å²) in [5.41, 5.74) is 1.84. The van der Waals surface area contributed by atoms with Crippen LogP contribution >= 0.6 is 11.3 Å². The van der Waals surface area contributed by atoms with Crippen LogP contribution in [0, 0.1) is 19.3 Å². The number of nitrogens with zero attached hydrogens (tertiary/aromatic N) is 1. The molecular formula is C14H24N2S. The first-order valence-electron chi connectivity index (χ1n) is 6.74. The molecule has 0 saturated heterocycles. The van der Waals surface area contributed by atoms with E-state index in [4.69, 9.17) is 0 Å². The summed E-state index contributed by atoms with van der Waals surface area (Å²) in [6.07, 6.45) is 5.53. The number of aryl methyl sites for hydroxylation is 2. The second-order valence-corrected chi connectivity index (χ2v) is 6.77. The highest BCUT2D eigenvalue weighted by molar-refractivity contribution is 7.11. The minimum Gasteiger partial charge on any atom is -0.309 e. The molecule has 1 atom stereocenters. The van der Waals surface area contributed by atoms with E-state index in [2.05, 4.69) is 38.0 Å². The van der Waals surface area contributed by atoms with Gasteiger partial charge in [0.15, 0.2) is 0 Å². The van der Waals surface area contributed by atoms with E-state index in [1.54, 1.807) is 0 Å². The van der Waals surface area contributed by atoms with Crippen LogP contribution in [0.25, 0.3) is 0 Å². The molecule has 2 nitrogen and oxygen atoms in total. The smallest absolute Gasteiger partial charge is 0.0900 e. The first-order chi connectivity index (χ1) is 8.06. The maximum absolute atomic E-state index is 4.51. The van der Waals surface area contributed by atoms with Crippen molar-refractivity contribution in [2.45, 2.75) is 59.4 Å². The lowest BCUT2D eigenvalue weighted by molar-refractivity contribution is 0.398. The van der Waals surface area contributed by atoms with Crippen LogP contribution in [0.4, 0.5) is 0 Å². The first-order valence-corrected chi connectivity index (χ1v) is 7.55. The van der Waals surface area contributed by atoms with Gasteiger partial charge in [0.25, 0.3) is 0 Å². The summed E-state index contributed by atoms with van der Waals surface area (Å²) in [6.45, 7) is 9.95. The molecule has 0 aromatic carbocycles. The van der Waals surface area contributed by atoms with Crippen LogP contribution < -0.4 is 5.32 Å². The standard InChI is InChI=1S/C14H24N2S/c1-5-6-14(7-8-14)9-15-10(2)13-11(3)16-12(4)17-13/h10,15H,5-9H2,1-4H3. The van der Waals surface area contributed by atoms with Crippen molar-refractivity contribution >= 4 is 11.3 Å². The summed E-state index contributed by atoms with van der Waals surface area (Å²) in [5, 5.41) is 4.89. The van der Waals surface area contributed by atoms with E-state index in [-0.39, 0.29) is 0 Å². The molecule has 1 aromatic heterocycles. The molecule has 1 aromatic rings. The van der Waals surface area contributed by atoms with Crippen LogP contribution in [0.1, 0.15) is 61.2 Å². The van der Waals surface area contributed by atoms with Crippen molar-refractivity contribution in [3.05, 3.63) is 15.6 Å². The molecule has 0 amide bonds. The van der Waals surface area contributed by atoms with E-state index in [0.717, 1.165) is 0 Å². The zero-order valence-electron chi connectivity index (χ0n) is 11.5. The van der Waals surface area contributed by atoms with Gasteiger partial charge < -0.3 is 5.32 Å². The molecule has 17 heavy (non-hydrogen) atoms. The van der Waals surface area contributed by atoms with Crippen molar-refractivity contribution in [2.75, 3.05) is 6.54 Å². The molecule has 1 N–H and O–H groups in total. The molecule has 1 saturated carbocycles. The van der Waals surface area contributed by atoms with Crippen LogP contribution in [0.5, 0.6) is 0 Å². The molecule has 1 aliphatic rings. The number of nitrogens with one attached hydrogen (secondary N) is 1. The Labute approximate surface area is 109 Å². The van der Waals surface area contributed by atoms with Gasteiger partial charge in [-0.15, -0.1) is 11.3 Å². The molecule has 0 spiro atoms. The molecule has 1 fully saturated rings. The third kappa shape index (κ3) is 3.08. The van der Waals surface area contributed by atoms with E-state index in [0.29, 0.717) is 11.5 Å². The molecule has 0 radical (unpaired) electrons. The summed E-state index contributed by atoms with van der Waals surface area (Å²) in [6, 6.07) is 0.454. The normalized spacial score (nSPS) is 19.3.